The highest BCUT2D eigenvalue weighted by atomic mass is 32.2. The molecule has 2 aliphatic heterocycles. The lowest BCUT2D eigenvalue weighted by molar-refractivity contribution is -0.119. The van der Waals surface area contributed by atoms with Gasteiger partial charge in [-0.15, -0.1) is 0 Å². The molecule has 1 spiro atoms. The molecule has 20 heavy (non-hydrogen) atoms. The molecule has 116 valence electrons. The van der Waals surface area contributed by atoms with Crippen molar-refractivity contribution < 1.29 is 21.6 Å². The number of hydrogen-bond acceptors (Lipinski definition) is 5. The van der Waals surface area contributed by atoms with Crippen LogP contribution in [0.25, 0.3) is 0 Å². The highest BCUT2D eigenvalue weighted by Crippen LogP contribution is 2.38. The molecule has 2 heterocycles. The molecule has 2 rings (SSSR count). The molecule has 0 atom stereocenters. The van der Waals surface area contributed by atoms with Gasteiger partial charge in [0.25, 0.3) is 0 Å². The SMILES string of the molecule is CS(=O)(=O)CCS(=O)(=O)N1CCC2(CC1)CNC(=O)C2. The zero-order chi connectivity index (χ0) is 15.0. The van der Waals surface area contributed by atoms with Crippen molar-refractivity contribution in [1.29, 1.82) is 0 Å². The molecular weight excluding hydrogens is 304 g/mol. The standard InChI is InChI=1S/C11H20N2O5S2/c1-19(15,16)6-7-20(17,18)13-4-2-11(3-5-13)8-10(14)12-9-11/h2-9H2,1H3,(H,12,14). The highest BCUT2D eigenvalue weighted by molar-refractivity contribution is 7.93. The molecule has 2 fully saturated rings. The lowest BCUT2D eigenvalue weighted by Gasteiger charge is -2.37. The summed E-state index contributed by atoms with van der Waals surface area (Å²) in [6.45, 7) is 1.34. The fourth-order valence-corrected chi connectivity index (χ4v) is 5.78. The van der Waals surface area contributed by atoms with E-state index in [9.17, 15) is 21.6 Å². The minimum absolute atomic E-state index is 0.0263. The predicted molar refractivity (Wildman–Crippen MR) is 74.4 cm³/mol. The number of nitrogens with one attached hydrogen (secondary N) is 1. The Morgan fingerprint density at radius 2 is 1.75 bits per heavy atom. The van der Waals surface area contributed by atoms with Gasteiger partial charge in [-0.2, -0.15) is 0 Å². The van der Waals surface area contributed by atoms with Gasteiger partial charge in [-0.1, -0.05) is 0 Å². The number of amides is 1. The predicted octanol–water partition coefficient (Wildman–Crippen LogP) is -1.04. The number of hydrogen-bond donors (Lipinski definition) is 1. The van der Waals surface area contributed by atoms with Crippen LogP contribution in [0, 0.1) is 5.41 Å². The summed E-state index contributed by atoms with van der Waals surface area (Å²) < 4.78 is 47.7. The van der Waals surface area contributed by atoms with E-state index in [4.69, 9.17) is 0 Å². The number of sulfone groups is 1. The Balaban J connectivity index is 1.94. The Bertz CT molecular complexity index is 588. The number of rotatable bonds is 4. The van der Waals surface area contributed by atoms with Crippen molar-refractivity contribution in [1.82, 2.24) is 9.62 Å². The van der Waals surface area contributed by atoms with Crippen LogP contribution in [0.1, 0.15) is 19.3 Å². The van der Waals surface area contributed by atoms with Crippen molar-refractivity contribution in [3.05, 3.63) is 0 Å². The molecule has 0 aromatic heterocycles. The van der Waals surface area contributed by atoms with Crippen LogP contribution in [0.2, 0.25) is 0 Å². The molecule has 1 N–H and O–H groups in total. The van der Waals surface area contributed by atoms with E-state index in [0.29, 0.717) is 38.9 Å². The number of carbonyl (C=O) groups excluding carboxylic acids is 1. The summed E-state index contributed by atoms with van der Waals surface area (Å²) in [5.41, 5.74) is -0.111. The Morgan fingerprint density at radius 1 is 1.15 bits per heavy atom. The quantitative estimate of drug-likeness (QED) is 0.712. The first-order valence-corrected chi connectivity index (χ1v) is 10.2. The van der Waals surface area contributed by atoms with E-state index in [1.165, 1.54) is 4.31 Å². The summed E-state index contributed by atoms with van der Waals surface area (Å²) in [7, 11) is -6.81. The van der Waals surface area contributed by atoms with Gasteiger partial charge in [0.2, 0.25) is 15.9 Å². The first-order chi connectivity index (χ1) is 9.12. The van der Waals surface area contributed by atoms with Crippen molar-refractivity contribution >= 4 is 25.8 Å². The Morgan fingerprint density at radius 3 is 2.20 bits per heavy atom. The molecule has 0 unspecified atom stereocenters. The van der Waals surface area contributed by atoms with Crippen molar-refractivity contribution in [3.63, 3.8) is 0 Å². The smallest absolute Gasteiger partial charge is 0.220 e. The molecule has 0 aromatic carbocycles. The summed E-state index contributed by atoms with van der Waals surface area (Å²) in [6, 6.07) is 0. The van der Waals surface area contributed by atoms with Gasteiger partial charge in [0.15, 0.2) is 0 Å². The molecule has 9 heteroatoms. The first-order valence-electron chi connectivity index (χ1n) is 6.54. The second-order valence-electron chi connectivity index (χ2n) is 5.80. The molecule has 1 amide bonds. The van der Waals surface area contributed by atoms with Crippen LogP contribution in [-0.2, 0) is 24.7 Å². The third-order valence-electron chi connectivity index (χ3n) is 4.08. The van der Waals surface area contributed by atoms with Crippen LogP contribution in [0.3, 0.4) is 0 Å². The van der Waals surface area contributed by atoms with Gasteiger partial charge >= 0.3 is 0 Å². The fourth-order valence-electron chi connectivity index (χ4n) is 2.73. The summed E-state index contributed by atoms with van der Waals surface area (Å²) in [5, 5.41) is 2.79. The van der Waals surface area contributed by atoms with Gasteiger partial charge in [-0.05, 0) is 18.3 Å². The van der Waals surface area contributed by atoms with E-state index in [-0.39, 0.29) is 22.8 Å². The zero-order valence-electron chi connectivity index (χ0n) is 11.5. The summed E-state index contributed by atoms with van der Waals surface area (Å²) >= 11 is 0. The van der Waals surface area contributed by atoms with E-state index < -0.39 is 19.9 Å². The van der Waals surface area contributed by atoms with Crippen LogP contribution < -0.4 is 5.32 Å². The largest absolute Gasteiger partial charge is 0.356 e. The average Bonchev–Trinajstić information content (AvgIpc) is 2.68. The average molecular weight is 324 g/mol. The number of nitrogens with zero attached hydrogens (tertiary/aromatic N) is 1. The van der Waals surface area contributed by atoms with Gasteiger partial charge in [0.1, 0.15) is 9.84 Å². The molecule has 0 saturated carbocycles. The van der Waals surface area contributed by atoms with Crippen molar-refractivity contribution in [2.45, 2.75) is 19.3 Å². The molecule has 2 saturated heterocycles. The summed E-state index contributed by atoms with van der Waals surface area (Å²) in [4.78, 5) is 11.3. The normalized spacial score (nSPS) is 23.9. The number of sulfonamides is 1. The summed E-state index contributed by atoms with van der Waals surface area (Å²) in [6.07, 6.45) is 2.78. The second kappa shape index (κ2) is 5.27. The topological polar surface area (TPSA) is 101 Å². The molecular formula is C11H20N2O5S2. The second-order valence-corrected chi connectivity index (χ2v) is 10.1. The molecule has 7 nitrogen and oxygen atoms in total. The fraction of sp³-hybridized carbons (Fsp3) is 0.909. The molecule has 0 radical (unpaired) electrons. The van der Waals surface area contributed by atoms with Gasteiger partial charge in [-0.3, -0.25) is 4.79 Å². The molecule has 2 aliphatic rings. The van der Waals surface area contributed by atoms with E-state index in [1.807, 2.05) is 0 Å². The minimum atomic E-state index is -3.53. The number of carbonyl (C=O) groups is 1. The van der Waals surface area contributed by atoms with Crippen LogP contribution in [-0.4, -0.2) is 64.4 Å². The van der Waals surface area contributed by atoms with Crippen molar-refractivity contribution in [2.24, 2.45) is 5.41 Å². The Hall–Kier alpha value is -0.670. The maximum Gasteiger partial charge on any atom is 0.220 e. The van der Waals surface area contributed by atoms with Crippen LogP contribution in [0.4, 0.5) is 0 Å². The monoisotopic (exact) mass is 324 g/mol. The van der Waals surface area contributed by atoms with Gasteiger partial charge in [0, 0.05) is 32.3 Å². The van der Waals surface area contributed by atoms with Crippen molar-refractivity contribution in [2.75, 3.05) is 37.4 Å². The third kappa shape index (κ3) is 3.70. The van der Waals surface area contributed by atoms with E-state index in [2.05, 4.69) is 5.32 Å². The maximum atomic E-state index is 12.1. The Kier molecular flexibility index (Phi) is 4.14. The van der Waals surface area contributed by atoms with Crippen molar-refractivity contribution in [3.8, 4) is 0 Å². The molecule has 0 bridgehead atoms. The van der Waals surface area contributed by atoms with Crippen LogP contribution in [0.5, 0.6) is 0 Å². The van der Waals surface area contributed by atoms with Crippen LogP contribution in [0.15, 0.2) is 0 Å². The zero-order valence-corrected chi connectivity index (χ0v) is 13.1. The van der Waals surface area contributed by atoms with E-state index in [0.717, 1.165) is 6.26 Å². The van der Waals surface area contributed by atoms with E-state index >= 15 is 0 Å². The maximum absolute atomic E-state index is 12.1. The lowest BCUT2D eigenvalue weighted by atomic mass is 9.78. The minimum Gasteiger partial charge on any atom is -0.356 e. The highest BCUT2D eigenvalue weighted by Gasteiger charge is 2.42. The third-order valence-corrected chi connectivity index (χ3v) is 7.16. The van der Waals surface area contributed by atoms with E-state index in [1.54, 1.807) is 0 Å². The van der Waals surface area contributed by atoms with Gasteiger partial charge in [-0.25, -0.2) is 21.1 Å². The summed E-state index contributed by atoms with van der Waals surface area (Å²) in [5.74, 6) is -0.689. The molecule has 0 aliphatic carbocycles. The van der Waals surface area contributed by atoms with Gasteiger partial charge in [0.05, 0.1) is 11.5 Å². The molecule has 0 aromatic rings. The first kappa shape index (κ1) is 15.7. The number of piperidine rings is 1. The lowest BCUT2D eigenvalue weighted by Crippen LogP contribution is -2.45. The van der Waals surface area contributed by atoms with Gasteiger partial charge < -0.3 is 5.32 Å². The Labute approximate surface area is 119 Å². The van der Waals surface area contributed by atoms with Crippen LogP contribution >= 0.6 is 0 Å².